The fraction of sp³-hybridized carbons (Fsp3) is 0.235. The van der Waals surface area contributed by atoms with Crippen LogP contribution in [0.5, 0.6) is 0 Å². The van der Waals surface area contributed by atoms with Gasteiger partial charge in [-0.3, -0.25) is 9.69 Å². The van der Waals surface area contributed by atoms with Gasteiger partial charge < -0.3 is 5.32 Å². The maximum atomic E-state index is 12.5. The largest absolute Gasteiger partial charge is 0.383 e. The van der Waals surface area contributed by atoms with Crippen molar-refractivity contribution in [3.8, 4) is 0 Å². The summed E-state index contributed by atoms with van der Waals surface area (Å²) < 4.78 is 0. The van der Waals surface area contributed by atoms with E-state index in [2.05, 4.69) is 30.4 Å². The van der Waals surface area contributed by atoms with Gasteiger partial charge in [0.2, 0.25) is 5.91 Å². The number of carbonyl (C=O) groups is 1. The third-order valence-electron chi connectivity index (χ3n) is 3.65. The molecule has 0 aromatic heterocycles. The van der Waals surface area contributed by atoms with Crippen LogP contribution >= 0.6 is 0 Å². The number of nitrogens with zero attached hydrogens (tertiary/aromatic N) is 1. The zero-order valence-electron chi connectivity index (χ0n) is 11.8. The van der Waals surface area contributed by atoms with Gasteiger partial charge in [-0.1, -0.05) is 24.3 Å². The van der Waals surface area contributed by atoms with Crippen molar-refractivity contribution in [3.05, 3.63) is 53.6 Å². The van der Waals surface area contributed by atoms with E-state index in [-0.39, 0.29) is 5.91 Å². The molecular formula is C17H18N2O. The van der Waals surface area contributed by atoms with Gasteiger partial charge in [-0.2, -0.15) is 0 Å². The Labute approximate surface area is 119 Å². The summed E-state index contributed by atoms with van der Waals surface area (Å²) in [7, 11) is 0. The molecule has 2 aromatic rings. The van der Waals surface area contributed by atoms with Gasteiger partial charge in [-0.25, -0.2) is 0 Å². The number of rotatable bonds is 1. The number of hydrogen-bond donors (Lipinski definition) is 1. The Morgan fingerprint density at radius 3 is 2.70 bits per heavy atom. The lowest BCUT2D eigenvalue weighted by atomic mass is 10.1. The first-order valence-corrected chi connectivity index (χ1v) is 6.90. The van der Waals surface area contributed by atoms with Gasteiger partial charge in [0, 0.05) is 13.0 Å². The smallest absolute Gasteiger partial charge is 0.233 e. The highest BCUT2D eigenvalue weighted by atomic mass is 16.2. The molecule has 0 atom stereocenters. The van der Waals surface area contributed by atoms with Crippen LogP contribution < -0.4 is 10.2 Å². The van der Waals surface area contributed by atoms with E-state index in [1.165, 1.54) is 0 Å². The molecule has 0 unspecified atom stereocenters. The fourth-order valence-corrected chi connectivity index (χ4v) is 2.59. The minimum absolute atomic E-state index is 0.135. The normalized spacial score (nSPS) is 14.5. The molecule has 0 radical (unpaired) electrons. The molecule has 0 saturated heterocycles. The molecular weight excluding hydrogens is 248 g/mol. The summed E-state index contributed by atoms with van der Waals surface area (Å²) >= 11 is 0. The minimum atomic E-state index is 0.135. The van der Waals surface area contributed by atoms with E-state index < -0.39 is 0 Å². The second kappa shape index (κ2) is 5.00. The molecule has 1 amide bonds. The molecule has 1 aliphatic rings. The van der Waals surface area contributed by atoms with E-state index in [1.807, 2.05) is 36.1 Å². The number of fused-ring (bicyclic) bond motifs is 1. The molecule has 2 aromatic carbocycles. The molecule has 0 fully saturated rings. The first kappa shape index (κ1) is 12.7. The van der Waals surface area contributed by atoms with Gasteiger partial charge in [0.1, 0.15) is 0 Å². The molecule has 0 spiro atoms. The number of aryl methyl sites for hydroxylation is 2. The van der Waals surface area contributed by atoms with Crippen LogP contribution in [0.3, 0.4) is 0 Å². The summed E-state index contributed by atoms with van der Waals surface area (Å²) in [5.74, 6) is 0.135. The lowest BCUT2D eigenvalue weighted by molar-refractivity contribution is -0.117. The summed E-state index contributed by atoms with van der Waals surface area (Å²) in [4.78, 5) is 14.4. The van der Waals surface area contributed by atoms with E-state index in [9.17, 15) is 4.79 Å². The van der Waals surface area contributed by atoms with Crippen LogP contribution in [0.15, 0.2) is 42.5 Å². The molecule has 0 aliphatic carbocycles. The van der Waals surface area contributed by atoms with Crippen molar-refractivity contribution in [2.75, 3.05) is 16.8 Å². The highest BCUT2D eigenvalue weighted by Crippen LogP contribution is 2.36. The fourth-order valence-electron chi connectivity index (χ4n) is 2.59. The number of nitrogens with one attached hydrogen (secondary N) is 1. The molecule has 20 heavy (non-hydrogen) atoms. The Balaban J connectivity index is 2.19. The van der Waals surface area contributed by atoms with Gasteiger partial charge in [0.15, 0.2) is 0 Å². The standard InChI is InChI=1S/C17H18N2O/c1-12-7-8-13(2)16(11-12)19-15-6-4-3-5-14(15)18-10-9-17(19)20/h3-8,11,18H,9-10H2,1-2H3. The zero-order chi connectivity index (χ0) is 14.1. The van der Waals surface area contributed by atoms with Gasteiger partial charge in [-0.15, -0.1) is 0 Å². The quantitative estimate of drug-likeness (QED) is 0.851. The lowest BCUT2D eigenvalue weighted by Gasteiger charge is -2.24. The first-order chi connectivity index (χ1) is 9.66. The highest BCUT2D eigenvalue weighted by molar-refractivity contribution is 6.05. The van der Waals surface area contributed by atoms with Crippen LogP contribution in [0.25, 0.3) is 0 Å². The Morgan fingerprint density at radius 1 is 1.05 bits per heavy atom. The number of hydrogen-bond acceptors (Lipinski definition) is 2. The second-order valence-electron chi connectivity index (χ2n) is 5.21. The molecule has 0 bridgehead atoms. The predicted octanol–water partition coefficient (Wildman–Crippen LogP) is 3.78. The van der Waals surface area contributed by atoms with Crippen molar-refractivity contribution in [2.24, 2.45) is 0 Å². The Morgan fingerprint density at radius 2 is 1.85 bits per heavy atom. The van der Waals surface area contributed by atoms with E-state index in [0.717, 1.165) is 28.2 Å². The first-order valence-electron chi connectivity index (χ1n) is 6.90. The minimum Gasteiger partial charge on any atom is -0.383 e. The van der Waals surface area contributed by atoms with E-state index in [4.69, 9.17) is 0 Å². The molecule has 102 valence electrons. The van der Waals surface area contributed by atoms with Gasteiger partial charge in [0.05, 0.1) is 17.1 Å². The SMILES string of the molecule is Cc1ccc(C)c(N2C(=O)CCNc3ccccc32)c1. The topological polar surface area (TPSA) is 32.3 Å². The Hall–Kier alpha value is -2.29. The van der Waals surface area contributed by atoms with E-state index in [0.29, 0.717) is 13.0 Å². The second-order valence-corrected chi connectivity index (χ2v) is 5.21. The van der Waals surface area contributed by atoms with Crippen LogP contribution in [-0.4, -0.2) is 12.5 Å². The van der Waals surface area contributed by atoms with E-state index >= 15 is 0 Å². The number of benzene rings is 2. The molecule has 1 aliphatic heterocycles. The number of para-hydroxylation sites is 2. The molecule has 3 rings (SSSR count). The maximum Gasteiger partial charge on any atom is 0.233 e. The van der Waals surface area contributed by atoms with E-state index in [1.54, 1.807) is 0 Å². The van der Waals surface area contributed by atoms with Gasteiger partial charge >= 0.3 is 0 Å². The molecule has 3 heteroatoms. The van der Waals surface area contributed by atoms with Crippen LogP contribution in [-0.2, 0) is 4.79 Å². The summed E-state index contributed by atoms with van der Waals surface area (Å²) in [5, 5.41) is 3.33. The molecule has 1 heterocycles. The Bertz CT molecular complexity index is 664. The monoisotopic (exact) mass is 266 g/mol. The summed E-state index contributed by atoms with van der Waals surface area (Å²) in [6.45, 7) is 4.77. The molecule has 3 nitrogen and oxygen atoms in total. The van der Waals surface area contributed by atoms with Gasteiger partial charge in [-0.05, 0) is 43.2 Å². The van der Waals surface area contributed by atoms with Crippen molar-refractivity contribution in [1.82, 2.24) is 0 Å². The zero-order valence-corrected chi connectivity index (χ0v) is 11.8. The van der Waals surface area contributed by atoms with Crippen LogP contribution in [0.4, 0.5) is 17.1 Å². The van der Waals surface area contributed by atoms with Crippen molar-refractivity contribution >= 4 is 23.0 Å². The van der Waals surface area contributed by atoms with Crippen molar-refractivity contribution in [1.29, 1.82) is 0 Å². The average Bonchev–Trinajstić information content (AvgIpc) is 2.60. The predicted molar refractivity (Wildman–Crippen MR) is 82.6 cm³/mol. The lowest BCUT2D eigenvalue weighted by Crippen LogP contribution is -2.25. The van der Waals surface area contributed by atoms with Crippen molar-refractivity contribution < 1.29 is 4.79 Å². The van der Waals surface area contributed by atoms with Crippen LogP contribution in [0, 0.1) is 13.8 Å². The summed E-state index contributed by atoms with van der Waals surface area (Å²) in [6.07, 6.45) is 0.502. The molecule has 0 saturated carbocycles. The maximum absolute atomic E-state index is 12.5. The molecule has 1 N–H and O–H groups in total. The van der Waals surface area contributed by atoms with Gasteiger partial charge in [0.25, 0.3) is 0 Å². The number of carbonyl (C=O) groups excluding carboxylic acids is 1. The van der Waals surface area contributed by atoms with Crippen molar-refractivity contribution in [3.63, 3.8) is 0 Å². The Kier molecular flexibility index (Phi) is 3.18. The van der Waals surface area contributed by atoms with Crippen LogP contribution in [0.1, 0.15) is 17.5 Å². The van der Waals surface area contributed by atoms with Crippen LogP contribution in [0.2, 0.25) is 0 Å². The summed E-state index contributed by atoms with van der Waals surface area (Å²) in [6, 6.07) is 14.2. The third-order valence-corrected chi connectivity index (χ3v) is 3.65. The summed E-state index contributed by atoms with van der Waals surface area (Å²) in [5.41, 5.74) is 5.20. The van der Waals surface area contributed by atoms with Crippen molar-refractivity contribution in [2.45, 2.75) is 20.3 Å². The average molecular weight is 266 g/mol. The number of amides is 1. The highest BCUT2D eigenvalue weighted by Gasteiger charge is 2.24. The third kappa shape index (κ3) is 2.16. The number of anilines is 3.